The Balaban J connectivity index is 1.39. The van der Waals surface area contributed by atoms with Gasteiger partial charge in [-0.05, 0) is 53.4 Å². The minimum absolute atomic E-state index is 0.00694. The van der Waals surface area contributed by atoms with Crippen molar-refractivity contribution in [1.82, 2.24) is 14.7 Å². The van der Waals surface area contributed by atoms with Crippen LogP contribution in [0.25, 0.3) is 22.1 Å². The standard InChI is InChI=1S/C29H28N4O8S/c1-4-28(35)32-12-10-31(11-13-32)22-14-20(15-23(34)18-22)21-16-26(38-2)29-25(30-41-27(29)17-21)19-40-33(39-3)42(36,37)24-8-6-5-7-9-24/h1,5-9,14-18,34H,10-13,19H2,2-3H3. The molecule has 4 aromatic rings. The molecule has 3 aromatic carbocycles. The van der Waals surface area contributed by atoms with Gasteiger partial charge in [0.25, 0.3) is 15.9 Å². The molecule has 5 rings (SSSR count). The summed E-state index contributed by atoms with van der Waals surface area (Å²) in [6.07, 6.45) is 5.24. The van der Waals surface area contributed by atoms with E-state index in [9.17, 15) is 18.3 Å². The number of rotatable bonds is 9. The lowest BCUT2D eigenvalue weighted by molar-refractivity contribution is -0.294. The molecule has 0 aliphatic carbocycles. The molecule has 12 nitrogen and oxygen atoms in total. The molecule has 1 fully saturated rings. The van der Waals surface area contributed by atoms with E-state index in [2.05, 4.69) is 16.0 Å². The van der Waals surface area contributed by atoms with Crippen molar-refractivity contribution in [2.75, 3.05) is 45.3 Å². The zero-order valence-corrected chi connectivity index (χ0v) is 23.7. The summed E-state index contributed by atoms with van der Waals surface area (Å²) >= 11 is 0. The van der Waals surface area contributed by atoms with E-state index < -0.39 is 10.0 Å². The predicted octanol–water partition coefficient (Wildman–Crippen LogP) is 3.17. The van der Waals surface area contributed by atoms with Crippen LogP contribution in [0.3, 0.4) is 0 Å². The summed E-state index contributed by atoms with van der Waals surface area (Å²) in [5.74, 6) is 2.28. The number of phenolic OH excluding ortho intramolecular Hbond substituents is 1. The topological polar surface area (TPSA) is 135 Å². The van der Waals surface area contributed by atoms with E-state index in [0.717, 1.165) is 5.69 Å². The minimum atomic E-state index is -4.10. The maximum atomic E-state index is 12.9. The summed E-state index contributed by atoms with van der Waals surface area (Å²) in [6.45, 7) is 1.77. The number of hydrogen-bond donors (Lipinski definition) is 1. The second kappa shape index (κ2) is 12.1. The lowest BCUT2D eigenvalue weighted by atomic mass is 10.0. The first-order valence-electron chi connectivity index (χ1n) is 12.8. The average molecular weight is 593 g/mol. The summed E-state index contributed by atoms with van der Waals surface area (Å²) in [5.41, 5.74) is 2.81. The van der Waals surface area contributed by atoms with E-state index >= 15 is 0 Å². The van der Waals surface area contributed by atoms with Crippen LogP contribution in [0.4, 0.5) is 5.69 Å². The number of piperazine rings is 1. The smallest absolute Gasteiger partial charge is 0.298 e. The number of nitrogens with zero attached hydrogens (tertiary/aromatic N) is 4. The van der Waals surface area contributed by atoms with Gasteiger partial charge in [-0.25, -0.2) is 8.42 Å². The second-order valence-corrected chi connectivity index (χ2v) is 11.0. The number of hydrogen-bond acceptors (Lipinski definition) is 10. The Morgan fingerprint density at radius 1 is 1.07 bits per heavy atom. The quantitative estimate of drug-likeness (QED) is 0.228. The zero-order valence-electron chi connectivity index (χ0n) is 22.9. The number of terminal acetylenes is 1. The number of ether oxygens (including phenoxy) is 1. The summed E-state index contributed by atoms with van der Waals surface area (Å²) in [5, 5.41) is 15.1. The third-order valence-electron chi connectivity index (χ3n) is 6.81. The maximum absolute atomic E-state index is 12.9. The van der Waals surface area contributed by atoms with Crippen molar-refractivity contribution in [3.63, 3.8) is 0 Å². The number of amides is 1. The molecule has 1 N–H and O–H groups in total. The van der Waals surface area contributed by atoms with Crippen molar-refractivity contribution in [2.24, 2.45) is 0 Å². The third kappa shape index (κ3) is 5.74. The Labute approximate surface area is 242 Å². The number of carbonyl (C=O) groups is 1. The molecule has 2 heterocycles. The molecule has 1 aliphatic heterocycles. The van der Waals surface area contributed by atoms with Crippen molar-refractivity contribution in [3.05, 3.63) is 66.4 Å². The van der Waals surface area contributed by atoms with E-state index in [1.165, 1.54) is 26.4 Å². The second-order valence-electron chi connectivity index (χ2n) is 9.31. The van der Waals surface area contributed by atoms with Crippen LogP contribution in [-0.2, 0) is 31.1 Å². The molecule has 1 saturated heterocycles. The number of aromatic hydroxyl groups is 1. The number of fused-ring (bicyclic) bond motifs is 1. The molecule has 1 aromatic heterocycles. The Bertz CT molecular complexity index is 1740. The van der Waals surface area contributed by atoms with Crippen LogP contribution in [0.2, 0.25) is 0 Å². The SMILES string of the molecule is C#CC(=O)N1CCN(c2cc(O)cc(-c3cc(OC)c4c(CON(OC)S(=O)(=O)c5ccccc5)noc4c3)c2)CC1. The fourth-order valence-corrected chi connectivity index (χ4v) is 5.80. The van der Waals surface area contributed by atoms with E-state index in [4.69, 9.17) is 25.4 Å². The zero-order chi connectivity index (χ0) is 29.9. The Morgan fingerprint density at radius 2 is 1.79 bits per heavy atom. The van der Waals surface area contributed by atoms with Crippen molar-refractivity contribution in [1.29, 1.82) is 0 Å². The van der Waals surface area contributed by atoms with Gasteiger partial charge >= 0.3 is 0 Å². The van der Waals surface area contributed by atoms with Gasteiger partial charge in [0.05, 0.1) is 29.1 Å². The van der Waals surface area contributed by atoms with Gasteiger partial charge in [-0.3, -0.25) is 14.5 Å². The first-order valence-corrected chi connectivity index (χ1v) is 14.3. The van der Waals surface area contributed by atoms with Crippen molar-refractivity contribution >= 4 is 32.6 Å². The highest BCUT2D eigenvalue weighted by molar-refractivity contribution is 7.88. The molecule has 0 radical (unpaired) electrons. The van der Waals surface area contributed by atoms with E-state index in [-0.39, 0.29) is 28.9 Å². The molecule has 13 heteroatoms. The molecular formula is C29H28N4O8S. The minimum Gasteiger partial charge on any atom is -0.508 e. The largest absolute Gasteiger partial charge is 0.508 e. The highest BCUT2D eigenvalue weighted by Crippen LogP contribution is 2.38. The molecule has 1 aliphatic rings. The maximum Gasteiger partial charge on any atom is 0.298 e. The number of benzene rings is 3. The van der Waals surface area contributed by atoms with Gasteiger partial charge in [-0.1, -0.05) is 23.4 Å². The van der Waals surface area contributed by atoms with Gasteiger partial charge < -0.3 is 24.2 Å². The van der Waals surface area contributed by atoms with Crippen LogP contribution in [-0.4, -0.2) is 74.5 Å². The fourth-order valence-electron chi connectivity index (χ4n) is 4.74. The number of aromatic nitrogens is 1. The van der Waals surface area contributed by atoms with E-state index in [0.29, 0.717) is 58.7 Å². The normalized spacial score (nSPS) is 13.9. The first-order chi connectivity index (χ1) is 20.2. The highest BCUT2D eigenvalue weighted by atomic mass is 32.2. The predicted molar refractivity (Wildman–Crippen MR) is 153 cm³/mol. The van der Waals surface area contributed by atoms with Crippen LogP contribution < -0.4 is 9.64 Å². The van der Waals surface area contributed by atoms with Gasteiger partial charge in [-0.15, -0.1) is 6.42 Å². The van der Waals surface area contributed by atoms with Crippen molar-refractivity contribution < 1.29 is 37.3 Å². The van der Waals surface area contributed by atoms with Crippen LogP contribution in [0.1, 0.15) is 5.69 Å². The van der Waals surface area contributed by atoms with Crippen LogP contribution in [0.5, 0.6) is 11.5 Å². The molecular weight excluding hydrogens is 564 g/mol. The summed E-state index contributed by atoms with van der Waals surface area (Å²) in [7, 11) is -1.44. The van der Waals surface area contributed by atoms with Gasteiger partial charge in [0.1, 0.15) is 23.8 Å². The number of sulfonamides is 1. The molecule has 0 atom stereocenters. The molecule has 0 spiro atoms. The molecule has 42 heavy (non-hydrogen) atoms. The fraction of sp³-hybridized carbons (Fsp3) is 0.241. The molecule has 0 bridgehead atoms. The number of anilines is 1. The molecule has 1 amide bonds. The summed E-state index contributed by atoms with van der Waals surface area (Å²) in [6, 6.07) is 16.4. The third-order valence-corrected chi connectivity index (χ3v) is 8.33. The van der Waals surface area contributed by atoms with Crippen molar-refractivity contribution in [2.45, 2.75) is 11.5 Å². The van der Waals surface area contributed by atoms with Gasteiger partial charge in [0.2, 0.25) is 0 Å². The highest BCUT2D eigenvalue weighted by Gasteiger charge is 2.28. The lowest BCUT2D eigenvalue weighted by Gasteiger charge is -2.35. The van der Waals surface area contributed by atoms with Crippen molar-refractivity contribution in [3.8, 4) is 35.0 Å². The number of phenols is 1. The molecule has 0 unspecified atom stereocenters. The Hall–Kier alpha value is -4.61. The number of methoxy groups -OCH3 is 1. The van der Waals surface area contributed by atoms with Gasteiger partial charge in [0, 0.05) is 37.9 Å². The van der Waals surface area contributed by atoms with Gasteiger partial charge in [0.15, 0.2) is 5.58 Å². The van der Waals surface area contributed by atoms with E-state index in [1.807, 2.05) is 6.07 Å². The van der Waals surface area contributed by atoms with Crippen LogP contribution >= 0.6 is 0 Å². The number of carbonyl (C=O) groups excluding carboxylic acids is 1. The Kier molecular flexibility index (Phi) is 8.32. The van der Waals surface area contributed by atoms with Crippen LogP contribution in [0.15, 0.2) is 70.1 Å². The van der Waals surface area contributed by atoms with Gasteiger partial charge in [-0.2, -0.15) is 0 Å². The lowest BCUT2D eigenvalue weighted by Crippen LogP contribution is -2.48. The van der Waals surface area contributed by atoms with Crippen LogP contribution in [0, 0.1) is 12.3 Å². The summed E-state index contributed by atoms with van der Waals surface area (Å²) in [4.78, 5) is 26.0. The van der Waals surface area contributed by atoms with E-state index in [1.54, 1.807) is 47.4 Å². The molecule has 0 saturated carbocycles. The summed E-state index contributed by atoms with van der Waals surface area (Å²) < 4.78 is 37.4. The molecule has 218 valence electrons. The first kappa shape index (κ1) is 28.9. The Morgan fingerprint density at radius 3 is 2.45 bits per heavy atom. The average Bonchev–Trinajstić information content (AvgIpc) is 3.43. The monoisotopic (exact) mass is 592 g/mol.